The van der Waals surface area contributed by atoms with E-state index < -0.39 is 50.6 Å². The van der Waals surface area contributed by atoms with Gasteiger partial charge in [-0.25, -0.2) is 28.8 Å². The predicted molar refractivity (Wildman–Crippen MR) is 286 cm³/mol. The molecule has 0 unspecified atom stereocenters. The lowest BCUT2D eigenvalue weighted by molar-refractivity contribution is -0.385. The van der Waals surface area contributed by atoms with Gasteiger partial charge in [-0.15, -0.1) is 0 Å². The summed E-state index contributed by atoms with van der Waals surface area (Å²) in [4.78, 5) is 93.4. The van der Waals surface area contributed by atoms with E-state index in [1.165, 1.54) is 36.4 Å². The van der Waals surface area contributed by atoms with Crippen LogP contribution in [0.25, 0.3) is 0 Å². The highest BCUT2D eigenvalue weighted by molar-refractivity contribution is 5.95. The van der Waals surface area contributed by atoms with Crippen LogP contribution in [0.1, 0.15) is 129 Å². The number of nitrogens with zero attached hydrogens (tertiary/aromatic N) is 3. The van der Waals surface area contributed by atoms with Crippen molar-refractivity contribution in [2.75, 3.05) is 11.5 Å². The molecule has 0 aliphatic heterocycles. The Labute approximate surface area is 441 Å². The van der Waals surface area contributed by atoms with E-state index in [-0.39, 0.29) is 44.9 Å². The van der Waals surface area contributed by atoms with Gasteiger partial charge in [-0.2, -0.15) is 0 Å². The summed E-state index contributed by atoms with van der Waals surface area (Å²) in [6.45, 7) is 21.2. The van der Waals surface area contributed by atoms with Crippen molar-refractivity contribution in [1.29, 1.82) is 0 Å². The smallest absolute Gasteiger partial charge is 0.342 e. The summed E-state index contributed by atoms with van der Waals surface area (Å²) in [5.41, 5.74) is 21.0. The van der Waals surface area contributed by atoms with Crippen LogP contribution in [0.2, 0.25) is 0 Å². The van der Waals surface area contributed by atoms with Crippen molar-refractivity contribution in [3.05, 3.63) is 209 Å². The van der Waals surface area contributed by atoms with Crippen LogP contribution >= 0.6 is 0 Å². The number of aryl methyl sites for hydroxylation is 8. The van der Waals surface area contributed by atoms with Gasteiger partial charge < -0.3 is 42.1 Å². The summed E-state index contributed by atoms with van der Waals surface area (Å²) in [5, 5.41) is 83.8. The zero-order valence-electron chi connectivity index (χ0n) is 44.1. The molecular formula is C54H59N5O18. The number of hydrogen-bond donors (Lipinski definition) is 8. The fourth-order valence-corrected chi connectivity index (χ4v) is 6.39. The van der Waals surface area contributed by atoms with Crippen LogP contribution in [0.15, 0.2) is 78.9 Å². The van der Waals surface area contributed by atoms with Crippen LogP contribution in [0.3, 0.4) is 0 Å². The minimum absolute atomic E-state index is 0.0557. The van der Waals surface area contributed by atoms with Crippen molar-refractivity contribution >= 4 is 64.3 Å². The molecular weight excluding hydrogens is 1010 g/mol. The molecule has 6 aromatic rings. The molecule has 0 amide bonds. The number of carboxylic acid groups (broad SMARTS) is 6. The molecule has 0 aliphatic rings. The Hall–Kier alpha value is -10.1. The summed E-state index contributed by atoms with van der Waals surface area (Å²) >= 11 is 0. The third-order valence-corrected chi connectivity index (χ3v) is 12.0. The number of rotatable bonds is 9. The SMILES string of the molecule is Cc1cc(C(=O)O)c([N+](=O)[O-])cc1C.Cc1cc(C(=O)O)cc(N)c1C.Cc1cc(C(=O)O)cc([N+](=O)[O-])c1C.Cc1ccc(C(=O)O)c(N)c1C.Cc1ccc(C(=O)O)c([N+](=O)[O-])c1C.Cc1ccc(C(=O)O)cc1C. The van der Waals surface area contributed by atoms with Gasteiger partial charge in [0, 0.05) is 34.6 Å². The van der Waals surface area contributed by atoms with Crippen molar-refractivity contribution < 1.29 is 74.2 Å². The highest BCUT2D eigenvalue weighted by Gasteiger charge is 2.24. The van der Waals surface area contributed by atoms with Gasteiger partial charge in [-0.3, -0.25) is 30.3 Å². The maximum atomic E-state index is 10.7. The fourth-order valence-electron chi connectivity index (χ4n) is 6.39. The topological polar surface area (TPSA) is 405 Å². The van der Waals surface area contributed by atoms with E-state index in [1.807, 2.05) is 47.6 Å². The summed E-state index contributed by atoms with van der Waals surface area (Å²) in [6, 6.07) is 19.4. The number of nitro groups is 3. The second-order valence-electron chi connectivity index (χ2n) is 17.2. The second-order valence-corrected chi connectivity index (χ2v) is 17.2. The van der Waals surface area contributed by atoms with Gasteiger partial charge in [0.15, 0.2) is 0 Å². The molecule has 0 aromatic heterocycles. The van der Waals surface area contributed by atoms with Gasteiger partial charge in [0.2, 0.25) is 0 Å². The number of benzene rings is 6. The average Bonchev–Trinajstić information content (AvgIpc) is 3.33. The highest BCUT2D eigenvalue weighted by Crippen LogP contribution is 2.27. The summed E-state index contributed by atoms with van der Waals surface area (Å²) < 4.78 is 0. The first-order valence-electron chi connectivity index (χ1n) is 22.4. The first kappa shape index (κ1) is 65.0. The van der Waals surface area contributed by atoms with E-state index in [9.17, 15) is 59.1 Å². The number of hydrogen-bond acceptors (Lipinski definition) is 14. The van der Waals surface area contributed by atoms with E-state index >= 15 is 0 Å². The van der Waals surface area contributed by atoms with Crippen LogP contribution in [0.5, 0.6) is 0 Å². The van der Waals surface area contributed by atoms with Gasteiger partial charge in [-0.05, 0) is 187 Å². The van der Waals surface area contributed by atoms with Crippen LogP contribution in [0, 0.1) is 113 Å². The number of nitrogen functional groups attached to an aromatic ring is 2. The van der Waals surface area contributed by atoms with Gasteiger partial charge in [0.1, 0.15) is 11.1 Å². The maximum absolute atomic E-state index is 10.7. The average molecular weight is 1070 g/mol. The van der Waals surface area contributed by atoms with Crippen LogP contribution in [-0.4, -0.2) is 81.2 Å². The first-order chi connectivity index (χ1) is 35.5. The van der Waals surface area contributed by atoms with E-state index in [1.54, 1.807) is 71.9 Å². The molecule has 0 fully saturated rings. The Morgan fingerprint density at radius 1 is 0.351 bits per heavy atom. The maximum Gasteiger partial charge on any atom is 0.342 e. The quantitative estimate of drug-likeness (QED) is 0.0379. The van der Waals surface area contributed by atoms with Crippen LogP contribution in [-0.2, 0) is 0 Å². The van der Waals surface area contributed by atoms with Crippen LogP contribution < -0.4 is 11.5 Å². The number of anilines is 2. The molecule has 0 spiro atoms. The summed E-state index contributed by atoms with van der Waals surface area (Å²) in [7, 11) is 0. The van der Waals surface area contributed by atoms with Gasteiger partial charge >= 0.3 is 35.8 Å². The van der Waals surface area contributed by atoms with Gasteiger partial charge in [-0.1, -0.05) is 18.2 Å². The minimum atomic E-state index is -1.28. The molecule has 10 N–H and O–H groups in total. The van der Waals surface area contributed by atoms with E-state index in [0.29, 0.717) is 44.8 Å². The lowest BCUT2D eigenvalue weighted by Gasteiger charge is -2.06. The molecule has 77 heavy (non-hydrogen) atoms. The first-order valence-corrected chi connectivity index (χ1v) is 22.4. The van der Waals surface area contributed by atoms with Gasteiger partial charge in [0.05, 0.1) is 37.0 Å². The zero-order chi connectivity index (χ0) is 59.7. The monoisotopic (exact) mass is 1070 g/mol. The number of nitrogens with two attached hydrogens (primary N) is 2. The van der Waals surface area contributed by atoms with Crippen molar-refractivity contribution in [1.82, 2.24) is 0 Å². The minimum Gasteiger partial charge on any atom is -0.478 e. The molecule has 0 saturated carbocycles. The van der Waals surface area contributed by atoms with Crippen molar-refractivity contribution in [2.24, 2.45) is 0 Å². The van der Waals surface area contributed by atoms with Crippen molar-refractivity contribution in [3.8, 4) is 0 Å². The highest BCUT2D eigenvalue weighted by atomic mass is 16.6. The molecule has 0 heterocycles. The Morgan fingerprint density at radius 3 is 1.16 bits per heavy atom. The summed E-state index contributed by atoms with van der Waals surface area (Å²) in [5.74, 6) is -6.50. The molecule has 23 heteroatoms. The third kappa shape index (κ3) is 18.4. The predicted octanol–water partition coefficient (Wildman–Crippen LogP) is 10.9. The molecule has 408 valence electrons. The number of carboxylic acids is 6. The molecule has 0 radical (unpaired) electrons. The lowest BCUT2D eigenvalue weighted by Crippen LogP contribution is -2.05. The van der Waals surface area contributed by atoms with Crippen molar-refractivity contribution in [3.63, 3.8) is 0 Å². The number of aromatic carboxylic acids is 6. The largest absolute Gasteiger partial charge is 0.478 e. The Morgan fingerprint density at radius 2 is 0.740 bits per heavy atom. The zero-order valence-corrected chi connectivity index (χ0v) is 44.1. The molecule has 23 nitrogen and oxygen atoms in total. The number of carbonyl (C=O) groups is 6. The molecule has 6 rings (SSSR count). The van der Waals surface area contributed by atoms with Crippen molar-refractivity contribution in [2.45, 2.75) is 83.1 Å². The Kier molecular flexibility index (Phi) is 24.0. The molecule has 0 bridgehead atoms. The normalized spacial score (nSPS) is 9.82. The molecule has 0 saturated heterocycles. The van der Waals surface area contributed by atoms with E-state index in [0.717, 1.165) is 45.0 Å². The van der Waals surface area contributed by atoms with Crippen LogP contribution in [0.4, 0.5) is 28.4 Å². The molecule has 0 aliphatic carbocycles. The standard InChI is InChI=1S/3C9H9NO4.2C9H11NO2.C9H10O2/c1-5-3-7(9(11)12)4-8(6(5)2)10(13)14;1-5-3-7(9(11)12)8(10(13)14)4-6(5)2;1-5-3-4-7(9(11)12)8(6(5)2)10(13)14;1-5-3-7(9(11)12)4-8(10)6(5)2;1-5-3-4-7(9(11)12)8(10)6(5)2;1-6-3-4-8(9(10)11)5-7(6)2/h3*3-4H,1-2H3,(H,11,12);2*3-4H,10H2,1-2H3,(H,11,12);3-5H,1-2H3,(H,10,11). The fraction of sp³-hybridized carbons (Fsp3) is 0.222. The van der Waals surface area contributed by atoms with E-state index in [4.69, 9.17) is 42.1 Å². The summed E-state index contributed by atoms with van der Waals surface area (Å²) in [6.07, 6.45) is 0. The van der Waals surface area contributed by atoms with Gasteiger partial charge in [0.25, 0.3) is 17.1 Å². The Bertz CT molecular complexity index is 3230. The second kappa shape index (κ2) is 28.4. The molecule has 6 aromatic carbocycles. The Balaban J connectivity index is 0.000000463. The molecule has 0 atom stereocenters. The lowest BCUT2D eigenvalue weighted by atomic mass is 10.0. The third-order valence-electron chi connectivity index (χ3n) is 12.0. The number of nitro benzene ring substituents is 3. The van der Waals surface area contributed by atoms with E-state index in [2.05, 4.69) is 0 Å².